The predicted molar refractivity (Wildman–Crippen MR) is 111 cm³/mol. The summed E-state index contributed by atoms with van der Waals surface area (Å²) in [6, 6.07) is 9.80. The summed E-state index contributed by atoms with van der Waals surface area (Å²) in [5.41, 5.74) is 1.56. The zero-order chi connectivity index (χ0) is 21.0. The highest BCUT2D eigenvalue weighted by molar-refractivity contribution is 7.89. The SMILES string of the molecule is COc1ccc(S(=O)(=O)N2CCCCC2)cc1NC(=O)c1cc(C)ccc1OC. The van der Waals surface area contributed by atoms with Gasteiger partial charge in [-0.05, 0) is 50.1 Å². The first kappa shape index (κ1) is 21.1. The molecule has 1 fully saturated rings. The van der Waals surface area contributed by atoms with Crippen molar-refractivity contribution < 1.29 is 22.7 Å². The van der Waals surface area contributed by atoms with Crippen LogP contribution in [0.15, 0.2) is 41.3 Å². The van der Waals surface area contributed by atoms with Gasteiger partial charge in [0, 0.05) is 13.1 Å². The molecule has 1 heterocycles. The van der Waals surface area contributed by atoms with Gasteiger partial charge in [0.15, 0.2) is 0 Å². The molecular formula is C21H26N2O5S. The Hall–Kier alpha value is -2.58. The molecule has 0 unspecified atom stereocenters. The lowest BCUT2D eigenvalue weighted by atomic mass is 10.1. The van der Waals surface area contributed by atoms with Crippen LogP contribution in [0.4, 0.5) is 5.69 Å². The lowest BCUT2D eigenvalue weighted by molar-refractivity contribution is 0.102. The number of sulfonamides is 1. The van der Waals surface area contributed by atoms with Crippen molar-refractivity contribution in [1.82, 2.24) is 4.31 Å². The van der Waals surface area contributed by atoms with E-state index in [0.29, 0.717) is 35.8 Å². The summed E-state index contributed by atoms with van der Waals surface area (Å²) in [6.07, 6.45) is 2.74. The Morgan fingerprint density at radius 3 is 2.28 bits per heavy atom. The van der Waals surface area contributed by atoms with Gasteiger partial charge < -0.3 is 14.8 Å². The van der Waals surface area contributed by atoms with Crippen molar-refractivity contribution in [3.05, 3.63) is 47.5 Å². The van der Waals surface area contributed by atoms with Crippen molar-refractivity contribution >= 4 is 21.6 Å². The number of ether oxygens (including phenoxy) is 2. The lowest BCUT2D eigenvalue weighted by Crippen LogP contribution is -2.35. The summed E-state index contributed by atoms with van der Waals surface area (Å²) in [5.74, 6) is 0.406. The Kier molecular flexibility index (Phi) is 6.44. The number of nitrogens with one attached hydrogen (secondary N) is 1. The van der Waals surface area contributed by atoms with Gasteiger partial charge in [0.05, 0.1) is 30.4 Å². The molecule has 0 radical (unpaired) electrons. The van der Waals surface area contributed by atoms with E-state index in [-0.39, 0.29) is 4.90 Å². The summed E-state index contributed by atoms with van der Waals surface area (Å²) in [6.45, 7) is 2.90. The van der Waals surface area contributed by atoms with Gasteiger partial charge in [-0.2, -0.15) is 4.31 Å². The fraction of sp³-hybridized carbons (Fsp3) is 0.381. The van der Waals surface area contributed by atoms with Gasteiger partial charge in [-0.3, -0.25) is 4.79 Å². The number of benzene rings is 2. The van der Waals surface area contributed by atoms with E-state index in [1.54, 1.807) is 18.2 Å². The van der Waals surface area contributed by atoms with Gasteiger partial charge in [-0.15, -0.1) is 0 Å². The molecule has 3 rings (SSSR count). The largest absolute Gasteiger partial charge is 0.496 e. The van der Waals surface area contributed by atoms with Crippen LogP contribution < -0.4 is 14.8 Å². The number of aryl methyl sites for hydroxylation is 1. The Balaban J connectivity index is 1.94. The lowest BCUT2D eigenvalue weighted by Gasteiger charge is -2.26. The average molecular weight is 419 g/mol. The van der Waals surface area contributed by atoms with Crippen molar-refractivity contribution in [3.63, 3.8) is 0 Å². The topological polar surface area (TPSA) is 84.9 Å². The van der Waals surface area contributed by atoms with E-state index < -0.39 is 15.9 Å². The van der Waals surface area contributed by atoms with Gasteiger partial charge in [-0.1, -0.05) is 18.1 Å². The maximum Gasteiger partial charge on any atom is 0.259 e. The minimum atomic E-state index is -3.63. The second-order valence-corrected chi connectivity index (χ2v) is 8.92. The third-order valence-electron chi connectivity index (χ3n) is 4.97. The van der Waals surface area contributed by atoms with Crippen LogP contribution in [0.2, 0.25) is 0 Å². The van der Waals surface area contributed by atoms with E-state index in [9.17, 15) is 13.2 Å². The first-order valence-corrected chi connectivity index (χ1v) is 10.9. The molecule has 0 spiro atoms. The molecule has 0 atom stereocenters. The number of nitrogens with zero attached hydrogens (tertiary/aromatic N) is 1. The van der Waals surface area contributed by atoms with Gasteiger partial charge in [0.2, 0.25) is 10.0 Å². The number of carbonyl (C=O) groups excluding carboxylic acids is 1. The van der Waals surface area contributed by atoms with Crippen molar-refractivity contribution in [2.75, 3.05) is 32.6 Å². The molecule has 1 amide bonds. The monoisotopic (exact) mass is 418 g/mol. The Morgan fingerprint density at radius 2 is 1.62 bits per heavy atom. The number of hydrogen-bond acceptors (Lipinski definition) is 5. The number of amides is 1. The zero-order valence-corrected chi connectivity index (χ0v) is 17.7. The molecule has 0 aliphatic carbocycles. The molecule has 2 aromatic carbocycles. The number of hydrogen-bond donors (Lipinski definition) is 1. The van der Waals surface area contributed by atoms with Crippen LogP contribution >= 0.6 is 0 Å². The number of carbonyl (C=O) groups is 1. The number of piperidine rings is 1. The predicted octanol–water partition coefficient (Wildman–Crippen LogP) is 3.44. The molecule has 0 aromatic heterocycles. The molecule has 156 valence electrons. The minimum absolute atomic E-state index is 0.131. The summed E-state index contributed by atoms with van der Waals surface area (Å²) < 4.78 is 38.1. The summed E-state index contributed by atoms with van der Waals surface area (Å²) >= 11 is 0. The standard InChI is InChI=1S/C21H26N2O5S/c1-15-7-9-19(27-2)17(13-15)21(24)22-18-14-16(8-10-20(18)28-3)29(25,26)23-11-5-4-6-12-23/h7-10,13-14H,4-6,11-12H2,1-3H3,(H,22,24). The van der Waals surface area contributed by atoms with E-state index in [4.69, 9.17) is 9.47 Å². The quantitative estimate of drug-likeness (QED) is 0.777. The molecule has 2 aromatic rings. The van der Waals surface area contributed by atoms with Gasteiger partial charge in [0.1, 0.15) is 11.5 Å². The van der Waals surface area contributed by atoms with Gasteiger partial charge in [0.25, 0.3) is 5.91 Å². The van der Waals surface area contributed by atoms with E-state index in [2.05, 4.69) is 5.32 Å². The number of rotatable bonds is 6. The van der Waals surface area contributed by atoms with Gasteiger partial charge >= 0.3 is 0 Å². The third kappa shape index (κ3) is 4.54. The Morgan fingerprint density at radius 1 is 0.966 bits per heavy atom. The molecule has 1 saturated heterocycles. The third-order valence-corrected chi connectivity index (χ3v) is 6.87. The van der Waals surface area contributed by atoms with Crippen molar-refractivity contribution in [2.45, 2.75) is 31.1 Å². The molecule has 0 saturated carbocycles. The fourth-order valence-corrected chi connectivity index (χ4v) is 4.93. The average Bonchev–Trinajstić information content (AvgIpc) is 2.74. The molecule has 1 N–H and O–H groups in total. The molecule has 29 heavy (non-hydrogen) atoms. The number of anilines is 1. The van der Waals surface area contributed by atoms with Crippen LogP contribution in [0.25, 0.3) is 0 Å². The normalized spacial score (nSPS) is 15.0. The second-order valence-electron chi connectivity index (χ2n) is 6.98. The number of methoxy groups -OCH3 is 2. The highest BCUT2D eigenvalue weighted by Gasteiger charge is 2.27. The molecule has 7 nitrogen and oxygen atoms in total. The highest BCUT2D eigenvalue weighted by atomic mass is 32.2. The molecule has 0 bridgehead atoms. The van der Waals surface area contributed by atoms with Gasteiger partial charge in [-0.25, -0.2) is 8.42 Å². The second kappa shape index (κ2) is 8.84. The van der Waals surface area contributed by atoms with Crippen LogP contribution in [0.5, 0.6) is 11.5 Å². The van der Waals surface area contributed by atoms with Crippen LogP contribution in [0.3, 0.4) is 0 Å². The van der Waals surface area contributed by atoms with E-state index in [1.807, 2.05) is 13.0 Å². The molecule has 1 aliphatic rings. The van der Waals surface area contributed by atoms with Crippen LogP contribution in [-0.2, 0) is 10.0 Å². The first-order chi connectivity index (χ1) is 13.9. The first-order valence-electron chi connectivity index (χ1n) is 9.51. The van der Waals surface area contributed by atoms with Crippen molar-refractivity contribution in [1.29, 1.82) is 0 Å². The summed E-state index contributed by atoms with van der Waals surface area (Å²) in [5, 5.41) is 2.77. The zero-order valence-electron chi connectivity index (χ0n) is 16.9. The Labute approximate surface area is 171 Å². The van der Waals surface area contributed by atoms with Crippen LogP contribution in [0.1, 0.15) is 35.2 Å². The molecular weight excluding hydrogens is 392 g/mol. The van der Waals surface area contributed by atoms with E-state index in [0.717, 1.165) is 24.8 Å². The fourth-order valence-electron chi connectivity index (χ4n) is 3.39. The van der Waals surface area contributed by atoms with Crippen LogP contribution in [-0.4, -0.2) is 45.9 Å². The Bertz CT molecular complexity index is 998. The molecule has 1 aliphatic heterocycles. The van der Waals surface area contributed by atoms with Crippen LogP contribution in [0, 0.1) is 6.92 Å². The van der Waals surface area contributed by atoms with E-state index in [1.165, 1.54) is 30.7 Å². The minimum Gasteiger partial charge on any atom is -0.496 e. The van der Waals surface area contributed by atoms with E-state index >= 15 is 0 Å². The van der Waals surface area contributed by atoms with Crippen molar-refractivity contribution in [3.8, 4) is 11.5 Å². The van der Waals surface area contributed by atoms with Crippen molar-refractivity contribution in [2.24, 2.45) is 0 Å². The summed E-state index contributed by atoms with van der Waals surface area (Å²) in [4.78, 5) is 13.0. The molecule has 8 heteroatoms. The summed E-state index contributed by atoms with van der Waals surface area (Å²) in [7, 11) is -0.665. The highest BCUT2D eigenvalue weighted by Crippen LogP contribution is 2.31. The smallest absolute Gasteiger partial charge is 0.259 e. The maximum atomic E-state index is 13.0. The maximum absolute atomic E-state index is 13.0.